The molecule has 4 rings (SSSR count). The summed E-state index contributed by atoms with van der Waals surface area (Å²) in [6, 6.07) is 19.0. The minimum atomic E-state index is -0.293. The number of carbonyl (C=O) groups is 1. The average Bonchev–Trinajstić information content (AvgIpc) is 3.09. The number of nitrogens with two attached hydrogens (primary N) is 2. The van der Waals surface area contributed by atoms with Crippen LogP contribution in [0.25, 0.3) is 21.3 Å². The molecule has 4 aromatic rings. The molecule has 2 heterocycles. The molecule has 31 heavy (non-hydrogen) atoms. The number of carbonyl (C=O) groups excluding carboxylic acids is 1. The normalized spacial score (nSPS) is 10.7. The van der Waals surface area contributed by atoms with Crippen molar-refractivity contribution < 1.29 is 4.79 Å². The van der Waals surface area contributed by atoms with Crippen LogP contribution in [0.5, 0.6) is 0 Å². The van der Waals surface area contributed by atoms with Crippen LogP contribution in [-0.2, 0) is 6.42 Å². The number of aromatic nitrogens is 1. The van der Waals surface area contributed by atoms with Crippen molar-refractivity contribution >= 4 is 50.6 Å². The van der Waals surface area contributed by atoms with Crippen molar-refractivity contribution in [2.45, 2.75) is 6.42 Å². The van der Waals surface area contributed by atoms with Crippen molar-refractivity contribution in [3.63, 3.8) is 0 Å². The predicted octanol–water partition coefficient (Wildman–Crippen LogP) is 4.63. The van der Waals surface area contributed by atoms with E-state index in [9.17, 15) is 10.1 Å². The molecule has 1 amide bonds. The molecule has 5 N–H and O–H groups in total. The van der Waals surface area contributed by atoms with Gasteiger partial charge in [0.1, 0.15) is 27.2 Å². The number of benzene rings is 2. The molecule has 0 radical (unpaired) electrons. The van der Waals surface area contributed by atoms with Gasteiger partial charge in [-0.15, -0.1) is 11.3 Å². The van der Waals surface area contributed by atoms with Crippen LogP contribution in [0, 0.1) is 11.3 Å². The van der Waals surface area contributed by atoms with Crippen molar-refractivity contribution in [3.8, 4) is 17.2 Å². The van der Waals surface area contributed by atoms with E-state index in [0.717, 1.165) is 22.5 Å². The van der Waals surface area contributed by atoms with Crippen LogP contribution in [-0.4, -0.2) is 17.4 Å². The van der Waals surface area contributed by atoms with Crippen LogP contribution in [0.3, 0.4) is 0 Å². The molecule has 0 bridgehead atoms. The maximum Gasteiger partial charge on any atom is 0.263 e. The first-order valence-electron chi connectivity index (χ1n) is 9.49. The fraction of sp³-hybridized carbons (Fsp3) is 0.0870. The Morgan fingerprint density at radius 1 is 1.16 bits per heavy atom. The van der Waals surface area contributed by atoms with E-state index in [4.69, 9.17) is 23.1 Å². The number of nitrogen functional groups attached to an aromatic ring is 2. The molecule has 0 saturated heterocycles. The highest BCUT2D eigenvalue weighted by molar-refractivity contribution is 7.21. The predicted molar refractivity (Wildman–Crippen MR) is 126 cm³/mol. The number of halogens is 1. The van der Waals surface area contributed by atoms with Gasteiger partial charge in [-0.2, -0.15) is 5.26 Å². The number of thiophene rings is 1. The number of rotatable bonds is 5. The summed E-state index contributed by atoms with van der Waals surface area (Å²) in [6.45, 7) is 0.428. The Labute approximate surface area is 188 Å². The lowest BCUT2D eigenvalue weighted by Gasteiger charge is -2.09. The zero-order valence-electron chi connectivity index (χ0n) is 16.4. The number of hydrogen-bond donors (Lipinski definition) is 3. The lowest BCUT2D eigenvalue weighted by Crippen LogP contribution is -2.25. The highest BCUT2D eigenvalue weighted by atomic mass is 35.5. The maximum absolute atomic E-state index is 12.8. The first kappa shape index (κ1) is 20.7. The number of anilines is 2. The SMILES string of the molecule is N#Cc1c(N)nc2sc(C(=O)NCCc3cccc(Cl)c3)c(N)c2c1-c1ccccc1. The molecule has 0 fully saturated rings. The molecule has 0 aliphatic rings. The fourth-order valence-electron chi connectivity index (χ4n) is 3.44. The lowest BCUT2D eigenvalue weighted by molar-refractivity contribution is 0.0959. The summed E-state index contributed by atoms with van der Waals surface area (Å²) < 4.78 is 0. The van der Waals surface area contributed by atoms with Gasteiger partial charge in [-0.3, -0.25) is 4.79 Å². The maximum atomic E-state index is 12.8. The Hall–Kier alpha value is -3.60. The lowest BCUT2D eigenvalue weighted by atomic mass is 9.97. The van der Waals surface area contributed by atoms with E-state index in [1.165, 1.54) is 0 Å². The number of nitrogens with one attached hydrogen (secondary N) is 1. The molecule has 0 saturated carbocycles. The summed E-state index contributed by atoms with van der Waals surface area (Å²) in [5.41, 5.74) is 15.4. The minimum Gasteiger partial charge on any atom is -0.397 e. The topological polar surface area (TPSA) is 118 Å². The third-order valence-electron chi connectivity index (χ3n) is 4.87. The van der Waals surface area contributed by atoms with Crippen LogP contribution in [0.15, 0.2) is 54.6 Å². The van der Waals surface area contributed by atoms with Crippen molar-refractivity contribution in [3.05, 3.63) is 75.6 Å². The average molecular weight is 448 g/mol. The first-order chi connectivity index (χ1) is 15.0. The molecular weight excluding hydrogens is 430 g/mol. The van der Waals surface area contributed by atoms with E-state index in [1.807, 2.05) is 48.5 Å². The smallest absolute Gasteiger partial charge is 0.263 e. The Kier molecular flexibility index (Phi) is 5.76. The number of nitriles is 1. The van der Waals surface area contributed by atoms with Crippen LogP contribution in [0.2, 0.25) is 5.02 Å². The highest BCUT2D eigenvalue weighted by Gasteiger charge is 2.24. The largest absolute Gasteiger partial charge is 0.397 e. The van der Waals surface area contributed by atoms with E-state index in [0.29, 0.717) is 44.3 Å². The monoisotopic (exact) mass is 447 g/mol. The number of hydrogen-bond acceptors (Lipinski definition) is 6. The molecule has 0 spiro atoms. The molecule has 0 aliphatic heterocycles. The number of pyridine rings is 1. The Morgan fingerprint density at radius 3 is 2.65 bits per heavy atom. The second-order valence-electron chi connectivity index (χ2n) is 6.89. The molecule has 2 aromatic carbocycles. The summed E-state index contributed by atoms with van der Waals surface area (Å²) in [6.07, 6.45) is 0.635. The minimum absolute atomic E-state index is 0.114. The molecular formula is C23H18ClN5OS. The molecule has 154 valence electrons. The van der Waals surface area contributed by atoms with Gasteiger partial charge in [0.15, 0.2) is 0 Å². The Morgan fingerprint density at radius 2 is 1.94 bits per heavy atom. The van der Waals surface area contributed by atoms with Gasteiger partial charge in [-0.25, -0.2) is 4.98 Å². The van der Waals surface area contributed by atoms with Crippen molar-refractivity contribution in [2.75, 3.05) is 18.0 Å². The number of amides is 1. The van der Waals surface area contributed by atoms with Crippen LogP contribution < -0.4 is 16.8 Å². The van der Waals surface area contributed by atoms with E-state index < -0.39 is 0 Å². The van der Waals surface area contributed by atoms with Crippen molar-refractivity contribution in [1.82, 2.24) is 10.3 Å². The zero-order chi connectivity index (χ0) is 22.0. The summed E-state index contributed by atoms with van der Waals surface area (Å²) in [7, 11) is 0. The van der Waals surface area contributed by atoms with Crippen LogP contribution in [0.4, 0.5) is 11.5 Å². The van der Waals surface area contributed by atoms with Gasteiger partial charge < -0.3 is 16.8 Å². The van der Waals surface area contributed by atoms with Crippen molar-refractivity contribution in [1.29, 1.82) is 5.26 Å². The van der Waals surface area contributed by atoms with Gasteiger partial charge >= 0.3 is 0 Å². The zero-order valence-corrected chi connectivity index (χ0v) is 17.9. The Balaban J connectivity index is 1.69. The summed E-state index contributed by atoms with van der Waals surface area (Å²) in [5.74, 6) is -0.179. The van der Waals surface area contributed by atoms with Gasteiger partial charge in [-0.1, -0.05) is 54.1 Å². The molecule has 2 aromatic heterocycles. The highest BCUT2D eigenvalue weighted by Crippen LogP contribution is 2.42. The van der Waals surface area contributed by atoms with E-state index in [1.54, 1.807) is 6.07 Å². The van der Waals surface area contributed by atoms with Crippen molar-refractivity contribution in [2.24, 2.45) is 0 Å². The first-order valence-corrected chi connectivity index (χ1v) is 10.7. The molecule has 0 atom stereocenters. The van der Waals surface area contributed by atoms with Crippen LogP contribution in [0.1, 0.15) is 20.8 Å². The quantitative estimate of drug-likeness (QED) is 0.412. The number of nitrogens with zero attached hydrogens (tertiary/aromatic N) is 2. The van der Waals surface area contributed by atoms with Gasteiger partial charge in [0.25, 0.3) is 5.91 Å². The fourth-order valence-corrected chi connectivity index (χ4v) is 4.68. The standard InChI is InChI=1S/C23H18ClN5OS/c24-15-8-4-5-13(11-15)9-10-28-22(30)20-19(26)18-17(14-6-2-1-3-7-14)16(12-25)21(27)29-23(18)31-20/h1-8,11H,9-10,26H2,(H2,27,29)(H,28,30). The van der Waals surface area contributed by atoms with Gasteiger partial charge in [-0.05, 0) is 29.7 Å². The molecule has 0 aliphatic carbocycles. The third-order valence-corrected chi connectivity index (χ3v) is 6.21. The van der Waals surface area contributed by atoms with Gasteiger partial charge in [0, 0.05) is 22.5 Å². The van der Waals surface area contributed by atoms with E-state index in [2.05, 4.69) is 16.4 Å². The summed E-state index contributed by atoms with van der Waals surface area (Å²) in [4.78, 5) is 18.1. The second kappa shape index (κ2) is 8.64. The summed E-state index contributed by atoms with van der Waals surface area (Å²) in [5, 5.41) is 13.8. The third kappa shape index (κ3) is 4.04. The number of fused-ring (bicyclic) bond motifs is 1. The van der Waals surface area contributed by atoms with E-state index >= 15 is 0 Å². The molecule has 6 nitrogen and oxygen atoms in total. The molecule has 0 unspecified atom stereocenters. The van der Waals surface area contributed by atoms with Crippen LogP contribution >= 0.6 is 22.9 Å². The molecule has 8 heteroatoms. The van der Waals surface area contributed by atoms with Gasteiger partial charge in [0.05, 0.1) is 5.69 Å². The van der Waals surface area contributed by atoms with Gasteiger partial charge in [0.2, 0.25) is 0 Å². The summed E-state index contributed by atoms with van der Waals surface area (Å²) >= 11 is 7.17. The van der Waals surface area contributed by atoms with E-state index in [-0.39, 0.29) is 17.3 Å². The Bertz CT molecular complexity index is 1330. The second-order valence-corrected chi connectivity index (χ2v) is 8.32.